The number of furan rings is 1. The van der Waals surface area contributed by atoms with Gasteiger partial charge in [-0.2, -0.15) is 0 Å². The van der Waals surface area contributed by atoms with E-state index in [-0.39, 0.29) is 18.2 Å². The summed E-state index contributed by atoms with van der Waals surface area (Å²) in [6.45, 7) is 10.5. The number of hydrogen-bond acceptors (Lipinski definition) is 3. The second-order valence-corrected chi connectivity index (χ2v) is 5.40. The van der Waals surface area contributed by atoms with Crippen molar-refractivity contribution in [3.8, 4) is 0 Å². The summed E-state index contributed by atoms with van der Waals surface area (Å²) in [5, 5.41) is 0. The second-order valence-electron chi connectivity index (χ2n) is 5.40. The van der Waals surface area contributed by atoms with E-state index in [2.05, 4.69) is 33.8 Å². The van der Waals surface area contributed by atoms with Gasteiger partial charge < -0.3 is 14.9 Å². The van der Waals surface area contributed by atoms with Gasteiger partial charge in [-0.3, -0.25) is 0 Å². The molecule has 2 heterocycles. The van der Waals surface area contributed by atoms with Crippen LogP contribution in [0.2, 0.25) is 0 Å². The summed E-state index contributed by atoms with van der Waals surface area (Å²) in [6, 6.07) is 1.99. The van der Waals surface area contributed by atoms with E-state index in [0.717, 1.165) is 11.5 Å². The van der Waals surface area contributed by atoms with Gasteiger partial charge in [0.2, 0.25) is 0 Å². The zero-order valence-electron chi connectivity index (χ0n) is 11.4. The third-order valence-corrected chi connectivity index (χ3v) is 4.25. The molecule has 2 rings (SSSR count). The van der Waals surface area contributed by atoms with Gasteiger partial charge in [-0.25, -0.2) is 0 Å². The molecule has 1 fully saturated rings. The standard InChI is InChI=1S/C14H23NO2/c1-7-6-12(17-9(7)3)14(15)13-8(2)10(4)16-11(13)5/h6,8,10-11,13-14H,15H2,1-5H3. The van der Waals surface area contributed by atoms with Gasteiger partial charge in [0.1, 0.15) is 11.5 Å². The molecule has 0 aromatic carbocycles. The maximum atomic E-state index is 6.35. The van der Waals surface area contributed by atoms with E-state index in [1.54, 1.807) is 0 Å². The lowest BCUT2D eigenvalue weighted by Gasteiger charge is -2.24. The van der Waals surface area contributed by atoms with Crippen LogP contribution in [0.4, 0.5) is 0 Å². The average molecular weight is 237 g/mol. The highest BCUT2D eigenvalue weighted by molar-refractivity contribution is 5.21. The Morgan fingerprint density at radius 2 is 1.82 bits per heavy atom. The minimum absolute atomic E-state index is 0.0719. The highest BCUT2D eigenvalue weighted by Gasteiger charge is 2.41. The van der Waals surface area contributed by atoms with Crippen molar-refractivity contribution in [2.75, 3.05) is 0 Å². The van der Waals surface area contributed by atoms with Crippen molar-refractivity contribution in [2.24, 2.45) is 17.6 Å². The predicted molar refractivity (Wildman–Crippen MR) is 67.8 cm³/mol. The Hall–Kier alpha value is -0.800. The maximum absolute atomic E-state index is 6.35. The molecule has 1 saturated heterocycles. The number of aryl methyl sites for hydroxylation is 2. The quantitative estimate of drug-likeness (QED) is 0.860. The summed E-state index contributed by atoms with van der Waals surface area (Å²) in [5.74, 6) is 2.64. The molecule has 2 N–H and O–H groups in total. The number of nitrogens with two attached hydrogens (primary N) is 1. The van der Waals surface area contributed by atoms with Gasteiger partial charge in [0.25, 0.3) is 0 Å². The van der Waals surface area contributed by atoms with Crippen LogP contribution in [0.3, 0.4) is 0 Å². The Morgan fingerprint density at radius 3 is 2.24 bits per heavy atom. The first-order valence-electron chi connectivity index (χ1n) is 6.39. The summed E-state index contributed by atoms with van der Waals surface area (Å²) in [7, 11) is 0. The van der Waals surface area contributed by atoms with Crippen molar-refractivity contribution in [3.63, 3.8) is 0 Å². The minimum Gasteiger partial charge on any atom is -0.464 e. The van der Waals surface area contributed by atoms with Crippen molar-refractivity contribution in [2.45, 2.75) is 52.9 Å². The lowest BCUT2D eigenvalue weighted by molar-refractivity contribution is 0.0482. The Morgan fingerprint density at radius 1 is 1.18 bits per heavy atom. The molecule has 0 bridgehead atoms. The SMILES string of the molecule is Cc1cc(C(N)C2C(C)OC(C)C2C)oc1C. The molecule has 0 saturated carbocycles. The molecule has 1 aliphatic heterocycles. The van der Waals surface area contributed by atoms with Gasteiger partial charge in [-0.15, -0.1) is 0 Å². The fourth-order valence-corrected chi connectivity index (χ4v) is 2.87. The van der Waals surface area contributed by atoms with Crippen LogP contribution in [0.15, 0.2) is 10.5 Å². The lowest BCUT2D eigenvalue weighted by Crippen LogP contribution is -2.30. The van der Waals surface area contributed by atoms with Crippen LogP contribution in [0.25, 0.3) is 0 Å². The first-order valence-corrected chi connectivity index (χ1v) is 6.39. The van der Waals surface area contributed by atoms with Gasteiger partial charge >= 0.3 is 0 Å². The second kappa shape index (κ2) is 4.46. The fraction of sp³-hybridized carbons (Fsp3) is 0.714. The highest BCUT2D eigenvalue weighted by Crippen LogP contribution is 2.40. The van der Waals surface area contributed by atoms with E-state index < -0.39 is 0 Å². The van der Waals surface area contributed by atoms with Crippen LogP contribution in [0, 0.1) is 25.7 Å². The molecule has 0 radical (unpaired) electrons. The van der Waals surface area contributed by atoms with E-state index >= 15 is 0 Å². The van der Waals surface area contributed by atoms with Gasteiger partial charge in [0.15, 0.2) is 0 Å². The summed E-state index contributed by atoms with van der Waals surface area (Å²) >= 11 is 0. The predicted octanol–water partition coefficient (Wildman–Crippen LogP) is 2.96. The first kappa shape index (κ1) is 12.7. The monoisotopic (exact) mass is 237 g/mol. The molecule has 1 aromatic rings. The van der Waals surface area contributed by atoms with E-state index in [9.17, 15) is 0 Å². The smallest absolute Gasteiger partial charge is 0.121 e. The zero-order valence-corrected chi connectivity index (χ0v) is 11.4. The van der Waals surface area contributed by atoms with E-state index in [4.69, 9.17) is 14.9 Å². The topological polar surface area (TPSA) is 48.4 Å². The molecule has 17 heavy (non-hydrogen) atoms. The largest absolute Gasteiger partial charge is 0.464 e. The third-order valence-electron chi connectivity index (χ3n) is 4.25. The van der Waals surface area contributed by atoms with E-state index in [0.29, 0.717) is 11.8 Å². The van der Waals surface area contributed by atoms with Crippen LogP contribution in [0.5, 0.6) is 0 Å². The molecule has 5 atom stereocenters. The first-order chi connectivity index (χ1) is 7.91. The van der Waals surface area contributed by atoms with E-state index in [1.165, 1.54) is 5.56 Å². The third kappa shape index (κ3) is 2.14. The molecule has 3 nitrogen and oxygen atoms in total. The number of ether oxygens (including phenoxy) is 1. The lowest BCUT2D eigenvalue weighted by atomic mass is 9.83. The van der Waals surface area contributed by atoms with Crippen LogP contribution in [-0.4, -0.2) is 12.2 Å². The molecule has 0 aliphatic carbocycles. The Labute approximate surface area is 103 Å². The molecule has 5 unspecified atom stereocenters. The average Bonchev–Trinajstić information content (AvgIpc) is 2.70. The molecule has 1 aromatic heterocycles. The summed E-state index contributed by atoms with van der Waals surface area (Å²) < 4.78 is 11.6. The van der Waals surface area contributed by atoms with Crippen LogP contribution >= 0.6 is 0 Å². The zero-order chi connectivity index (χ0) is 12.7. The van der Waals surface area contributed by atoms with Crippen LogP contribution in [0.1, 0.15) is 43.9 Å². The van der Waals surface area contributed by atoms with Crippen molar-refractivity contribution >= 4 is 0 Å². The molecular weight excluding hydrogens is 214 g/mol. The van der Waals surface area contributed by atoms with E-state index in [1.807, 2.05) is 6.92 Å². The fourth-order valence-electron chi connectivity index (χ4n) is 2.87. The number of rotatable bonds is 2. The highest BCUT2D eigenvalue weighted by atomic mass is 16.5. The Bertz CT molecular complexity index is 379. The Balaban J connectivity index is 2.22. The summed E-state index contributed by atoms with van der Waals surface area (Å²) in [6.07, 6.45) is 0.471. The van der Waals surface area contributed by atoms with Crippen LogP contribution < -0.4 is 5.73 Å². The van der Waals surface area contributed by atoms with Crippen molar-refractivity contribution in [3.05, 3.63) is 23.2 Å². The van der Waals surface area contributed by atoms with Gasteiger partial charge in [-0.1, -0.05) is 6.92 Å². The molecule has 0 amide bonds. The summed E-state index contributed by atoms with van der Waals surface area (Å²) in [4.78, 5) is 0. The van der Waals surface area contributed by atoms with Crippen molar-refractivity contribution in [1.29, 1.82) is 0 Å². The maximum Gasteiger partial charge on any atom is 0.121 e. The van der Waals surface area contributed by atoms with Crippen molar-refractivity contribution in [1.82, 2.24) is 0 Å². The molecule has 0 spiro atoms. The minimum atomic E-state index is -0.0719. The van der Waals surface area contributed by atoms with Gasteiger partial charge in [0, 0.05) is 5.92 Å². The molecule has 3 heteroatoms. The summed E-state index contributed by atoms with van der Waals surface area (Å²) in [5.41, 5.74) is 7.52. The molecular formula is C14H23NO2. The van der Waals surface area contributed by atoms with Crippen LogP contribution in [-0.2, 0) is 4.74 Å². The van der Waals surface area contributed by atoms with Gasteiger partial charge in [0.05, 0.1) is 18.2 Å². The number of hydrogen-bond donors (Lipinski definition) is 1. The molecule has 96 valence electrons. The normalized spacial score (nSPS) is 35.2. The molecule has 1 aliphatic rings. The van der Waals surface area contributed by atoms with Gasteiger partial charge in [-0.05, 0) is 45.2 Å². The Kier molecular flexibility index (Phi) is 3.32. The van der Waals surface area contributed by atoms with Crippen molar-refractivity contribution < 1.29 is 9.15 Å².